The Labute approximate surface area is 141 Å². The molecule has 1 rings (SSSR count). The number of benzene rings is 1. The summed E-state index contributed by atoms with van der Waals surface area (Å²) in [7, 11) is 0. The van der Waals surface area contributed by atoms with E-state index in [0.717, 1.165) is 18.4 Å². The SMILES string of the molecule is CCCCCCCCCCCC(=O)N/N=C\c1ccc(C)cc1. The molecule has 0 bridgehead atoms. The number of carbonyl (C=O) groups excluding carboxylic acids is 1. The van der Waals surface area contributed by atoms with Gasteiger partial charge in [0, 0.05) is 6.42 Å². The molecule has 0 atom stereocenters. The van der Waals surface area contributed by atoms with Crippen molar-refractivity contribution in [3.63, 3.8) is 0 Å². The third-order valence-corrected chi connectivity index (χ3v) is 3.99. The van der Waals surface area contributed by atoms with Gasteiger partial charge in [-0.05, 0) is 18.9 Å². The number of unbranched alkanes of at least 4 members (excludes halogenated alkanes) is 8. The number of nitrogens with zero attached hydrogens (tertiary/aromatic N) is 1. The number of amides is 1. The van der Waals surface area contributed by atoms with Crippen LogP contribution in [0.2, 0.25) is 0 Å². The third-order valence-electron chi connectivity index (χ3n) is 3.99. The summed E-state index contributed by atoms with van der Waals surface area (Å²) in [4.78, 5) is 11.7. The minimum absolute atomic E-state index is 0.0105. The van der Waals surface area contributed by atoms with Crippen molar-refractivity contribution in [1.82, 2.24) is 5.43 Å². The molecule has 3 heteroatoms. The van der Waals surface area contributed by atoms with Gasteiger partial charge in [0.05, 0.1) is 6.21 Å². The van der Waals surface area contributed by atoms with Gasteiger partial charge >= 0.3 is 0 Å². The fourth-order valence-corrected chi connectivity index (χ4v) is 2.48. The maximum Gasteiger partial charge on any atom is 0.240 e. The van der Waals surface area contributed by atoms with Gasteiger partial charge < -0.3 is 0 Å². The predicted molar refractivity (Wildman–Crippen MR) is 98.8 cm³/mol. The molecule has 3 nitrogen and oxygen atoms in total. The van der Waals surface area contributed by atoms with Crippen molar-refractivity contribution in [2.24, 2.45) is 5.10 Å². The van der Waals surface area contributed by atoms with Crippen LogP contribution in [-0.2, 0) is 4.79 Å². The van der Waals surface area contributed by atoms with Gasteiger partial charge in [0.15, 0.2) is 0 Å². The van der Waals surface area contributed by atoms with Crippen LogP contribution in [0, 0.1) is 6.92 Å². The highest BCUT2D eigenvalue weighted by atomic mass is 16.2. The molecule has 1 aromatic rings. The van der Waals surface area contributed by atoms with Crippen molar-refractivity contribution >= 4 is 12.1 Å². The van der Waals surface area contributed by atoms with Gasteiger partial charge in [0.2, 0.25) is 5.91 Å². The van der Waals surface area contributed by atoms with Crippen LogP contribution in [0.3, 0.4) is 0 Å². The summed E-state index contributed by atoms with van der Waals surface area (Å²) in [6, 6.07) is 8.05. The zero-order valence-electron chi connectivity index (χ0n) is 14.8. The van der Waals surface area contributed by atoms with Crippen LogP contribution in [0.25, 0.3) is 0 Å². The van der Waals surface area contributed by atoms with Crippen molar-refractivity contribution in [3.05, 3.63) is 35.4 Å². The molecule has 0 saturated carbocycles. The lowest BCUT2D eigenvalue weighted by Gasteiger charge is -2.02. The Bertz CT molecular complexity index is 451. The minimum atomic E-state index is 0.0105. The number of hydrogen-bond acceptors (Lipinski definition) is 2. The summed E-state index contributed by atoms with van der Waals surface area (Å²) >= 11 is 0. The first-order valence-electron chi connectivity index (χ1n) is 9.11. The highest BCUT2D eigenvalue weighted by Gasteiger charge is 1.99. The van der Waals surface area contributed by atoms with Crippen molar-refractivity contribution in [2.45, 2.75) is 78.1 Å². The molecule has 0 spiro atoms. The molecule has 1 N–H and O–H groups in total. The normalized spacial score (nSPS) is 11.0. The Hall–Kier alpha value is -1.64. The molecule has 0 aliphatic rings. The van der Waals surface area contributed by atoms with Crippen molar-refractivity contribution in [2.75, 3.05) is 0 Å². The van der Waals surface area contributed by atoms with E-state index in [1.807, 2.05) is 31.2 Å². The zero-order chi connectivity index (χ0) is 16.8. The van der Waals surface area contributed by atoms with Gasteiger partial charge in [-0.1, -0.05) is 88.1 Å². The zero-order valence-corrected chi connectivity index (χ0v) is 14.8. The maximum atomic E-state index is 11.7. The van der Waals surface area contributed by atoms with Crippen LogP contribution in [0.1, 0.15) is 82.3 Å². The number of hydrogen-bond donors (Lipinski definition) is 1. The molecule has 0 radical (unpaired) electrons. The molecule has 0 aliphatic heterocycles. The summed E-state index contributed by atoms with van der Waals surface area (Å²) in [5.41, 5.74) is 4.82. The molecule has 1 amide bonds. The van der Waals surface area contributed by atoms with Crippen LogP contribution in [-0.4, -0.2) is 12.1 Å². The van der Waals surface area contributed by atoms with Gasteiger partial charge in [-0.15, -0.1) is 0 Å². The number of carbonyl (C=O) groups is 1. The smallest absolute Gasteiger partial charge is 0.240 e. The molecule has 1 aromatic carbocycles. The second-order valence-electron chi connectivity index (χ2n) is 6.28. The van der Waals surface area contributed by atoms with Gasteiger partial charge in [0.1, 0.15) is 0 Å². The maximum absolute atomic E-state index is 11.7. The lowest BCUT2D eigenvalue weighted by molar-refractivity contribution is -0.121. The molecule has 23 heavy (non-hydrogen) atoms. The quantitative estimate of drug-likeness (QED) is 0.314. The van der Waals surface area contributed by atoms with Crippen molar-refractivity contribution in [1.29, 1.82) is 0 Å². The Balaban J connectivity index is 1.99. The monoisotopic (exact) mass is 316 g/mol. The number of hydrazone groups is 1. The third kappa shape index (κ3) is 10.7. The largest absolute Gasteiger partial charge is 0.273 e. The van der Waals surface area contributed by atoms with Gasteiger partial charge in [-0.2, -0.15) is 5.10 Å². The van der Waals surface area contributed by atoms with Crippen molar-refractivity contribution in [3.8, 4) is 0 Å². The molecule has 128 valence electrons. The highest BCUT2D eigenvalue weighted by Crippen LogP contribution is 2.10. The van der Waals surface area contributed by atoms with Crippen LogP contribution in [0.15, 0.2) is 29.4 Å². The average molecular weight is 316 g/mol. The molecular weight excluding hydrogens is 284 g/mol. The predicted octanol–water partition coefficient (Wildman–Crippen LogP) is 5.37. The van der Waals surface area contributed by atoms with E-state index in [0.29, 0.717) is 6.42 Å². The molecular formula is C20H32N2O. The highest BCUT2D eigenvalue weighted by molar-refractivity contribution is 5.82. The Morgan fingerprint density at radius 1 is 0.957 bits per heavy atom. The van der Waals surface area contributed by atoms with E-state index in [-0.39, 0.29) is 5.91 Å². The number of aryl methyl sites for hydroxylation is 1. The standard InChI is InChI=1S/C20H32N2O/c1-3-4-5-6-7-8-9-10-11-12-20(23)22-21-17-19-15-13-18(2)14-16-19/h13-17H,3-12H2,1-2H3,(H,22,23)/b21-17-. The first kappa shape index (κ1) is 19.4. The first-order valence-corrected chi connectivity index (χ1v) is 9.11. The van der Waals surface area contributed by atoms with E-state index < -0.39 is 0 Å². The number of nitrogens with one attached hydrogen (secondary N) is 1. The molecule has 0 aliphatic carbocycles. The summed E-state index contributed by atoms with van der Waals surface area (Å²) in [6.45, 7) is 4.30. The van der Waals surface area contributed by atoms with E-state index in [9.17, 15) is 4.79 Å². The first-order chi connectivity index (χ1) is 11.2. The Morgan fingerprint density at radius 2 is 1.52 bits per heavy atom. The molecule has 0 unspecified atom stereocenters. The van der Waals surface area contributed by atoms with Crippen LogP contribution in [0.5, 0.6) is 0 Å². The summed E-state index contributed by atoms with van der Waals surface area (Å²) in [5, 5.41) is 4.00. The van der Waals surface area contributed by atoms with Crippen LogP contribution in [0.4, 0.5) is 0 Å². The summed E-state index contributed by atoms with van der Waals surface area (Å²) in [6.07, 6.45) is 13.7. The van der Waals surface area contributed by atoms with Gasteiger partial charge in [-0.3, -0.25) is 4.79 Å². The molecule has 0 aromatic heterocycles. The Morgan fingerprint density at radius 3 is 2.13 bits per heavy atom. The van der Waals surface area contributed by atoms with E-state index in [4.69, 9.17) is 0 Å². The fraction of sp³-hybridized carbons (Fsp3) is 0.600. The second-order valence-corrected chi connectivity index (χ2v) is 6.28. The lowest BCUT2D eigenvalue weighted by Crippen LogP contribution is -2.16. The van der Waals surface area contributed by atoms with Gasteiger partial charge in [0.25, 0.3) is 0 Å². The topological polar surface area (TPSA) is 41.5 Å². The van der Waals surface area contributed by atoms with E-state index >= 15 is 0 Å². The fourth-order valence-electron chi connectivity index (χ4n) is 2.48. The molecule has 0 heterocycles. The minimum Gasteiger partial charge on any atom is -0.273 e. The van der Waals surface area contributed by atoms with E-state index in [1.165, 1.54) is 50.5 Å². The summed E-state index contributed by atoms with van der Waals surface area (Å²) < 4.78 is 0. The van der Waals surface area contributed by atoms with E-state index in [1.54, 1.807) is 6.21 Å². The average Bonchev–Trinajstić information content (AvgIpc) is 2.55. The number of rotatable bonds is 12. The van der Waals surface area contributed by atoms with Crippen LogP contribution < -0.4 is 5.43 Å². The van der Waals surface area contributed by atoms with Crippen LogP contribution >= 0.6 is 0 Å². The second kappa shape index (κ2) is 12.9. The molecule has 0 fully saturated rings. The van der Waals surface area contributed by atoms with E-state index in [2.05, 4.69) is 17.5 Å². The summed E-state index contributed by atoms with van der Waals surface area (Å²) in [5.74, 6) is 0.0105. The molecule has 0 saturated heterocycles. The van der Waals surface area contributed by atoms with Crippen molar-refractivity contribution < 1.29 is 4.79 Å². The lowest BCUT2D eigenvalue weighted by atomic mass is 10.1. The van der Waals surface area contributed by atoms with Gasteiger partial charge in [-0.25, -0.2) is 5.43 Å². The Kier molecular flexibility index (Phi) is 10.9.